The number of nitrogens with one attached hydrogen (secondary N) is 1. The maximum absolute atomic E-state index is 12.6. The molecule has 2 heterocycles. The monoisotopic (exact) mass is 393 g/mol. The Labute approximate surface area is 170 Å². The molecule has 1 aromatic heterocycles. The Hall–Kier alpha value is -2.24. The predicted octanol–water partition coefficient (Wildman–Crippen LogP) is 5.02. The molecule has 28 heavy (non-hydrogen) atoms. The second kappa shape index (κ2) is 8.41. The maximum Gasteiger partial charge on any atom is 0.230 e. The van der Waals surface area contributed by atoms with Crippen LogP contribution in [0.3, 0.4) is 0 Å². The normalized spacial score (nSPS) is 15.8. The molecule has 0 saturated carbocycles. The van der Waals surface area contributed by atoms with Crippen LogP contribution in [-0.4, -0.2) is 28.9 Å². The molecule has 1 saturated heterocycles. The van der Waals surface area contributed by atoms with Crippen molar-refractivity contribution in [3.63, 3.8) is 0 Å². The van der Waals surface area contributed by atoms with E-state index < -0.39 is 0 Å². The first kappa shape index (κ1) is 19.1. The number of benzene rings is 2. The summed E-state index contributed by atoms with van der Waals surface area (Å²) < 4.78 is 0. The molecular weight excluding hydrogens is 366 g/mol. The number of rotatable bonds is 5. The van der Waals surface area contributed by atoms with Crippen LogP contribution in [0.25, 0.3) is 10.8 Å². The lowest BCUT2D eigenvalue weighted by atomic mass is 9.99. The number of fused-ring (bicyclic) bond motifs is 1. The Morgan fingerprint density at radius 1 is 1.18 bits per heavy atom. The van der Waals surface area contributed by atoms with E-state index in [2.05, 4.69) is 40.3 Å². The van der Waals surface area contributed by atoms with Gasteiger partial charge in [-0.15, -0.1) is 11.3 Å². The summed E-state index contributed by atoms with van der Waals surface area (Å²) >= 11 is 1.61. The van der Waals surface area contributed by atoms with Crippen LogP contribution in [0, 0.1) is 12.8 Å². The third-order valence-corrected chi connectivity index (χ3v) is 6.67. The Kier molecular flexibility index (Phi) is 5.74. The van der Waals surface area contributed by atoms with E-state index in [1.165, 1.54) is 17.7 Å². The highest BCUT2D eigenvalue weighted by Crippen LogP contribution is 2.27. The van der Waals surface area contributed by atoms with Gasteiger partial charge in [-0.05, 0) is 55.1 Å². The second-order valence-corrected chi connectivity index (χ2v) is 8.93. The van der Waals surface area contributed by atoms with Crippen LogP contribution in [0.1, 0.15) is 35.9 Å². The Morgan fingerprint density at radius 3 is 2.75 bits per heavy atom. The number of carbonyl (C=O) groups excluding carboxylic acids is 1. The van der Waals surface area contributed by atoms with Gasteiger partial charge in [0.15, 0.2) is 5.13 Å². The van der Waals surface area contributed by atoms with E-state index in [9.17, 15) is 4.79 Å². The summed E-state index contributed by atoms with van der Waals surface area (Å²) in [6.07, 6.45) is 2.90. The number of anilines is 1. The predicted molar refractivity (Wildman–Crippen MR) is 117 cm³/mol. The molecule has 1 N–H and O–H groups in total. The van der Waals surface area contributed by atoms with Crippen molar-refractivity contribution in [2.45, 2.75) is 39.7 Å². The van der Waals surface area contributed by atoms with Crippen molar-refractivity contribution < 1.29 is 4.79 Å². The van der Waals surface area contributed by atoms with Gasteiger partial charge in [0.2, 0.25) is 5.91 Å². The molecule has 146 valence electrons. The summed E-state index contributed by atoms with van der Waals surface area (Å²) in [5, 5.41) is 6.02. The molecule has 1 aliphatic rings. The van der Waals surface area contributed by atoms with Gasteiger partial charge < -0.3 is 5.32 Å². The summed E-state index contributed by atoms with van der Waals surface area (Å²) in [5.74, 6) is 0.825. The first-order valence-corrected chi connectivity index (χ1v) is 10.9. The van der Waals surface area contributed by atoms with E-state index >= 15 is 0 Å². The fourth-order valence-electron chi connectivity index (χ4n) is 3.83. The summed E-state index contributed by atoms with van der Waals surface area (Å²) in [5.41, 5.74) is 2.08. The van der Waals surface area contributed by atoms with Crippen LogP contribution in [-0.2, 0) is 17.8 Å². The van der Waals surface area contributed by atoms with E-state index in [1.807, 2.05) is 31.2 Å². The zero-order chi connectivity index (χ0) is 19.5. The number of hydrogen-bond donors (Lipinski definition) is 1. The lowest BCUT2D eigenvalue weighted by Crippen LogP contribution is -2.32. The van der Waals surface area contributed by atoms with Gasteiger partial charge in [0.1, 0.15) is 0 Å². The molecule has 4 nitrogen and oxygen atoms in total. The summed E-state index contributed by atoms with van der Waals surface area (Å²) in [7, 11) is 0. The van der Waals surface area contributed by atoms with Crippen LogP contribution in [0.15, 0.2) is 42.5 Å². The number of nitrogens with zero attached hydrogens (tertiary/aromatic N) is 2. The number of aromatic nitrogens is 1. The minimum Gasteiger partial charge on any atom is -0.302 e. The van der Waals surface area contributed by atoms with E-state index in [0.29, 0.717) is 11.6 Å². The zero-order valence-electron chi connectivity index (χ0n) is 16.6. The van der Waals surface area contributed by atoms with Crippen molar-refractivity contribution in [3.05, 3.63) is 58.6 Å². The molecule has 0 spiro atoms. The van der Waals surface area contributed by atoms with Gasteiger partial charge in [-0.1, -0.05) is 49.4 Å². The van der Waals surface area contributed by atoms with Gasteiger partial charge in [-0.3, -0.25) is 9.69 Å². The number of carbonyl (C=O) groups is 1. The Bertz CT molecular complexity index is 968. The highest BCUT2D eigenvalue weighted by molar-refractivity contribution is 7.15. The Balaban J connectivity index is 1.41. The van der Waals surface area contributed by atoms with Crippen molar-refractivity contribution in [1.82, 2.24) is 9.88 Å². The minimum absolute atomic E-state index is 0.0107. The molecule has 0 radical (unpaired) electrons. The standard InChI is InChI=1S/C23H27N3OS/c1-16-10-12-26(13-11-16)15-21-17(2)24-23(28-21)25-22(27)14-19-8-5-7-18-6-3-4-9-20(18)19/h3-9,16H,10-15H2,1-2H3,(H,24,25,27). The van der Waals surface area contributed by atoms with Crippen LogP contribution in [0.5, 0.6) is 0 Å². The molecule has 1 aliphatic heterocycles. The molecule has 0 aliphatic carbocycles. The first-order chi connectivity index (χ1) is 13.6. The second-order valence-electron chi connectivity index (χ2n) is 7.85. The lowest BCUT2D eigenvalue weighted by molar-refractivity contribution is -0.115. The first-order valence-electron chi connectivity index (χ1n) is 10.0. The van der Waals surface area contributed by atoms with Gasteiger partial charge in [0.05, 0.1) is 12.1 Å². The topological polar surface area (TPSA) is 45.2 Å². The number of aryl methyl sites for hydroxylation is 1. The maximum atomic E-state index is 12.6. The average molecular weight is 394 g/mol. The molecular formula is C23H27N3OS. The van der Waals surface area contributed by atoms with Crippen molar-refractivity contribution in [3.8, 4) is 0 Å². The fraction of sp³-hybridized carbons (Fsp3) is 0.391. The summed E-state index contributed by atoms with van der Waals surface area (Å²) in [4.78, 5) is 21.0. The van der Waals surface area contributed by atoms with Crippen molar-refractivity contribution in [1.29, 1.82) is 0 Å². The van der Waals surface area contributed by atoms with Crippen LogP contribution >= 0.6 is 11.3 Å². The highest BCUT2D eigenvalue weighted by Gasteiger charge is 2.18. The molecule has 1 amide bonds. The van der Waals surface area contributed by atoms with Crippen LogP contribution in [0.2, 0.25) is 0 Å². The molecule has 2 aromatic carbocycles. The van der Waals surface area contributed by atoms with Gasteiger partial charge in [0.25, 0.3) is 0 Å². The van der Waals surface area contributed by atoms with Crippen LogP contribution in [0.4, 0.5) is 5.13 Å². The average Bonchev–Trinajstić information content (AvgIpc) is 3.02. The van der Waals surface area contributed by atoms with Gasteiger partial charge >= 0.3 is 0 Å². The third-order valence-electron chi connectivity index (χ3n) is 5.61. The minimum atomic E-state index is -0.0107. The number of piperidine rings is 1. The molecule has 5 heteroatoms. The third kappa shape index (κ3) is 4.42. The van der Waals surface area contributed by atoms with Gasteiger partial charge in [-0.2, -0.15) is 0 Å². The smallest absolute Gasteiger partial charge is 0.230 e. The van der Waals surface area contributed by atoms with Crippen molar-refractivity contribution in [2.75, 3.05) is 18.4 Å². The highest BCUT2D eigenvalue weighted by atomic mass is 32.1. The number of hydrogen-bond acceptors (Lipinski definition) is 4. The van der Waals surface area contributed by atoms with E-state index in [-0.39, 0.29) is 5.91 Å². The Morgan fingerprint density at radius 2 is 1.93 bits per heavy atom. The van der Waals surface area contributed by atoms with Crippen molar-refractivity contribution in [2.24, 2.45) is 5.92 Å². The summed E-state index contributed by atoms with van der Waals surface area (Å²) in [6.45, 7) is 7.62. The van der Waals surface area contributed by atoms with E-state index in [0.717, 1.165) is 47.6 Å². The largest absolute Gasteiger partial charge is 0.302 e. The van der Waals surface area contributed by atoms with Crippen LogP contribution < -0.4 is 5.32 Å². The number of likely N-dealkylation sites (tertiary alicyclic amines) is 1. The zero-order valence-corrected chi connectivity index (χ0v) is 17.4. The van der Waals surface area contributed by atoms with E-state index in [1.54, 1.807) is 11.3 Å². The summed E-state index contributed by atoms with van der Waals surface area (Å²) in [6, 6.07) is 14.3. The fourth-order valence-corrected chi connectivity index (χ4v) is 4.86. The van der Waals surface area contributed by atoms with Crippen molar-refractivity contribution >= 4 is 33.1 Å². The SMILES string of the molecule is Cc1nc(NC(=O)Cc2cccc3ccccc23)sc1CN1CCC(C)CC1. The lowest BCUT2D eigenvalue weighted by Gasteiger charge is -2.29. The molecule has 0 unspecified atom stereocenters. The van der Waals surface area contributed by atoms with Gasteiger partial charge in [-0.25, -0.2) is 4.98 Å². The molecule has 1 fully saturated rings. The quantitative estimate of drug-likeness (QED) is 0.662. The molecule has 4 rings (SSSR count). The van der Waals surface area contributed by atoms with Gasteiger partial charge in [0, 0.05) is 11.4 Å². The van der Waals surface area contributed by atoms with E-state index in [4.69, 9.17) is 0 Å². The number of thiazole rings is 1. The molecule has 0 atom stereocenters. The molecule has 0 bridgehead atoms. The molecule has 3 aromatic rings. The number of amides is 1.